The number of unbranched alkanes of at least 4 members (excludes halogenated alkanes) is 3. The predicted octanol–water partition coefficient (Wildman–Crippen LogP) is -2.13. The van der Waals surface area contributed by atoms with Gasteiger partial charge in [-0.05, 0) is 6.42 Å². The quantitative estimate of drug-likeness (QED) is 0.0625. The van der Waals surface area contributed by atoms with Gasteiger partial charge in [0, 0.05) is 78.7 Å². The molecule has 0 aliphatic heterocycles. The first-order valence-corrected chi connectivity index (χ1v) is 13.7. The summed E-state index contributed by atoms with van der Waals surface area (Å²) >= 11 is 0. The largest absolute Gasteiger partial charge is 0.356 e. The lowest BCUT2D eigenvalue weighted by Crippen LogP contribution is -2.46. The van der Waals surface area contributed by atoms with Crippen LogP contribution in [0.25, 0.3) is 0 Å². The van der Waals surface area contributed by atoms with Crippen LogP contribution in [0.1, 0.15) is 58.8 Å². The van der Waals surface area contributed by atoms with E-state index in [1.807, 2.05) is 0 Å². The molecular formula is C25H50N8O5. The Balaban J connectivity index is 5.14. The molecule has 220 valence electrons. The summed E-state index contributed by atoms with van der Waals surface area (Å²) in [5.74, 6) is -3.06. The van der Waals surface area contributed by atoms with E-state index in [0.717, 1.165) is 25.7 Å². The third kappa shape index (κ3) is 19.5. The summed E-state index contributed by atoms with van der Waals surface area (Å²) in [6.45, 7) is 7.71. The Morgan fingerprint density at radius 2 is 1.24 bits per heavy atom. The van der Waals surface area contributed by atoms with Crippen LogP contribution >= 0.6 is 0 Å². The molecule has 0 saturated heterocycles. The highest BCUT2D eigenvalue weighted by Crippen LogP contribution is 2.13. The molecule has 0 spiro atoms. The summed E-state index contributed by atoms with van der Waals surface area (Å²) in [7, 11) is 0. The zero-order valence-corrected chi connectivity index (χ0v) is 23.2. The maximum Gasteiger partial charge on any atom is 0.224 e. The second kappa shape index (κ2) is 23.5. The number of hydrogen-bond donors (Lipinski definition) is 8. The van der Waals surface area contributed by atoms with Gasteiger partial charge in [0.2, 0.25) is 23.6 Å². The molecule has 0 radical (unpaired) electrons. The lowest BCUT2D eigenvalue weighted by Gasteiger charge is -2.21. The van der Waals surface area contributed by atoms with Crippen LogP contribution in [0.5, 0.6) is 0 Å². The average Bonchev–Trinajstić information content (AvgIpc) is 2.87. The van der Waals surface area contributed by atoms with Crippen LogP contribution in [0.15, 0.2) is 0 Å². The molecule has 2 atom stereocenters. The molecule has 13 nitrogen and oxygen atoms in total. The van der Waals surface area contributed by atoms with E-state index in [1.54, 1.807) is 0 Å². The van der Waals surface area contributed by atoms with Crippen LogP contribution in [0, 0.1) is 5.92 Å². The van der Waals surface area contributed by atoms with Crippen molar-refractivity contribution in [3.05, 3.63) is 0 Å². The molecule has 0 aliphatic carbocycles. The van der Waals surface area contributed by atoms with Crippen molar-refractivity contribution < 1.29 is 24.0 Å². The first-order chi connectivity index (χ1) is 18.2. The highest BCUT2D eigenvalue weighted by Gasteiger charge is 2.30. The van der Waals surface area contributed by atoms with Gasteiger partial charge in [-0.2, -0.15) is 0 Å². The lowest BCUT2D eigenvalue weighted by atomic mass is 9.92. The summed E-state index contributed by atoms with van der Waals surface area (Å²) in [6.07, 6.45) is 3.16. The summed E-state index contributed by atoms with van der Waals surface area (Å²) < 4.78 is 0. The fourth-order valence-electron chi connectivity index (χ4n) is 3.63. The average molecular weight is 543 g/mol. The Morgan fingerprint density at radius 3 is 1.76 bits per heavy atom. The molecule has 38 heavy (non-hydrogen) atoms. The molecule has 10 N–H and O–H groups in total. The van der Waals surface area contributed by atoms with E-state index in [9.17, 15) is 24.0 Å². The number of nitrogens with two attached hydrogens (primary N) is 2. The number of hydrogen-bond acceptors (Lipinski definition) is 9. The predicted molar refractivity (Wildman–Crippen MR) is 147 cm³/mol. The Morgan fingerprint density at radius 1 is 0.658 bits per heavy atom. The molecule has 0 rings (SSSR count). The van der Waals surface area contributed by atoms with Crippen molar-refractivity contribution in [2.75, 3.05) is 58.9 Å². The summed E-state index contributed by atoms with van der Waals surface area (Å²) in [5, 5.41) is 16.8. The lowest BCUT2D eigenvalue weighted by molar-refractivity contribution is -0.135. The fraction of sp³-hybridized carbons (Fsp3) is 0.800. The van der Waals surface area contributed by atoms with E-state index >= 15 is 0 Å². The van der Waals surface area contributed by atoms with Crippen LogP contribution in [-0.2, 0) is 24.0 Å². The Labute approximate surface area is 226 Å². The zero-order chi connectivity index (χ0) is 28.6. The van der Waals surface area contributed by atoms with Gasteiger partial charge in [0.15, 0.2) is 5.78 Å². The topological polar surface area (TPSA) is 210 Å². The normalized spacial score (nSPS) is 12.3. The number of rotatable bonds is 24. The van der Waals surface area contributed by atoms with E-state index in [4.69, 9.17) is 11.5 Å². The van der Waals surface area contributed by atoms with E-state index in [2.05, 4.69) is 38.8 Å². The van der Waals surface area contributed by atoms with Gasteiger partial charge in [0.1, 0.15) is 0 Å². The second-order valence-electron chi connectivity index (χ2n) is 9.16. The van der Waals surface area contributed by atoms with Gasteiger partial charge < -0.3 is 43.4 Å². The highest BCUT2D eigenvalue weighted by molar-refractivity contribution is 5.96. The SMILES string of the molecule is CCCCCCNC(=O)[C@H](CC(=O)NCCNCCN)CC(=O)[C@@H](CC(=O)NCCNCCN)NC(C)=O. The summed E-state index contributed by atoms with van der Waals surface area (Å²) in [5.41, 5.74) is 10.8. The standard InChI is InChI=1S/C25H50N8O5/c1-3-4-5-6-9-32-25(38)20(17-23(36)30-14-12-28-10-7-26)16-22(35)21(33-19(2)34)18-24(37)31-15-13-29-11-8-27/h20-21,28-29H,3-18,26-27H2,1-2H3,(H,30,36)(H,31,37)(H,32,38)(H,33,34)/t20-,21+/m0/s1. The minimum atomic E-state index is -1.10. The number of carbonyl (C=O) groups is 5. The van der Waals surface area contributed by atoms with Gasteiger partial charge in [-0.25, -0.2) is 0 Å². The fourth-order valence-corrected chi connectivity index (χ4v) is 3.63. The minimum Gasteiger partial charge on any atom is -0.356 e. The number of nitrogens with one attached hydrogen (secondary N) is 6. The third-order valence-electron chi connectivity index (χ3n) is 5.63. The van der Waals surface area contributed by atoms with Crippen LogP contribution in [-0.4, -0.2) is 94.4 Å². The molecule has 13 heteroatoms. The summed E-state index contributed by atoms with van der Waals surface area (Å²) in [6, 6.07) is -1.10. The van der Waals surface area contributed by atoms with Crippen molar-refractivity contribution in [3.8, 4) is 0 Å². The maximum absolute atomic E-state index is 13.1. The molecule has 0 saturated carbocycles. The molecule has 0 aromatic rings. The monoisotopic (exact) mass is 542 g/mol. The first kappa shape index (κ1) is 35.4. The molecule has 0 aromatic carbocycles. The van der Waals surface area contributed by atoms with Gasteiger partial charge in [-0.15, -0.1) is 0 Å². The van der Waals surface area contributed by atoms with Crippen LogP contribution in [0.3, 0.4) is 0 Å². The van der Waals surface area contributed by atoms with Crippen molar-refractivity contribution in [1.82, 2.24) is 31.9 Å². The van der Waals surface area contributed by atoms with Gasteiger partial charge >= 0.3 is 0 Å². The number of ketones is 1. The Kier molecular flexibility index (Phi) is 21.9. The van der Waals surface area contributed by atoms with E-state index in [0.29, 0.717) is 58.9 Å². The summed E-state index contributed by atoms with van der Waals surface area (Å²) in [4.78, 5) is 62.6. The van der Waals surface area contributed by atoms with Crippen molar-refractivity contribution >= 4 is 29.4 Å². The molecule has 0 aromatic heterocycles. The third-order valence-corrected chi connectivity index (χ3v) is 5.63. The first-order valence-electron chi connectivity index (χ1n) is 13.7. The van der Waals surface area contributed by atoms with Gasteiger partial charge in [-0.1, -0.05) is 26.2 Å². The van der Waals surface area contributed by atoms with Crippen molar-refractivity contribution in [3.63, 3.8) is 0 Å². The number of Topliss-reactive ketones (excluding diaryl/α,β-unsaturated/α-hetero) is 1. The van der Waals surface area contributed by atoms with Crippen LogP contribution < -0.4 is 43.4 Å². The van der Waals surface area contributed by atoms with E-state index in [-0.39, 0.29) is 25.2 Å². The molecule has 0 bridgehead atoms. The van der Waals surface area contributed by atoms with Crippen molar-refractivity contribution in [2.24, 2.45) is 17.4 Å². The van der Waals surface area contributed by atoms with Gasteiger partial charge in [0.05, 0.1) is 18.4 Å². The highest BCUT2D eigenvalue weighted by atomic mass is 16.2. The molecule has 0 aliphatic rings. The Bertz CT molecular complexity index is 707. The zero-order valence-electron chi connectivity index (χ0n) is 23.2. The smallest absolute Gasteiger partial charge is 0.224 e. The van der Waals surface area contributed by atoms with E-state index < -0.39 is 35.5 Å². The molecule has 4 amide bonds. The molecule has 0 fully saturated rings. The number of carbonyl (C=O) groups excluding carboxylic acids is 5. The van der Waals surface area contributed by atoms with Crippen molar-refractivity contribution in [1.29, 1.82) is 0 Å². The molecule has 0 heterocycles. The van der Waals surface area contributed by atoms with E-state index in [1.165, 1.54) is 6.92 Å². The van der Waals surface area contributed by atoms with Crippen LogP contribution in [0.4, 0.5) is 0 Å². The maximum atomic E-state index is 13.1. The minimum absolute atomic E-state index is 0.185. The number of amides is 4. The van der Waals surface area contributed by atoms with Gasteiger partial charge in [0.25, 0.3) is 0 Å². The molecular weight excluding hydrogens is 492 g/mol. The van der Waals surface area contributed by atoms with Crippen LogP contribution in [0.2, 0.25) is 0 Å². The van der Waals surface area contributed by atoms with Crippen molar-refractivity contribution in [2.45, 2.75) is 64.8 Å². The molecule has 0 unspecified atom stereocenters. The second-order valence-corrected chi connectivity index (χ2v) is 9.16. The van der Waals surface area contributed by atoms with Gasteiger partial charge in [-0.3, -0.25) is 24.0 Å². The Hall–Kier alpha value is -2.61.